The summed E-state index contributed by atoms with van der Waals surface area (Å²) in [6, 6.07) is 19.4. The fourth-order valence-electron chi connectivity index (χ4n) is 7.60. The van der Waals surface area contributed by atoms with E-state index in [9.17, 15) is 0 Å². The molecule has 0 saturated heterocycles. The molecule has 0 spiro atoms. The first-order chi connectivity index (χ1) is 44.9. The third kappa shape index (κ3) is 76.1. The molecule has 536 valence electrons. The third-order valence-electron chi connectivity index (χ3n) is 12.5. The summed E-state index contributed by atoms with van der Waals surface area (Å²) in [4.78, 5) is 0. The van der Waals surface area contributed by atoms with Gasteiger partial charge < -0.3 is 110 Å². The van der Waals surface area contributed by atoms with E-state index in [1.165, 1.54) is 64.2 Å². The van der Waals surface area contributed by atoms with E-state index in [1.807, 2.05) is 60.7 Å². The number of ether oxygens (including phenoxy) is 22. The Hall–Kier alpha value is -2.80. The van der Waals surface area contributed by atoms with Gasteiger partial charge in [0.05, 0.1) is 251 Å². The lowest BCUT2D eigenvalue weighted by molar-refractivity contribution is -0.0267. The molecule has 0 aliphatic carbocycles. The van der Waals surface area contributed by atoms with E-state index in [0.717, 1.165) is 37.6 Å². The van der Waals surface area contributed by atoms with Gasteiger partial charge in [-0.05, 0) is 37.1 Å². The van der Waals surface area contributed by atoms with E-state index in [-0.39, 0.29) is 5.48 Å². The second kappa shape index (κ2) is 81.4. The van der Waals surface area contributed by atoms with Crippen LogP contribution in [0.2, 0.25) is 0 Å². The van der Waals surface area contributed by atoms with Crippen LogP contribution in [-0.2, 0) is 94.7 Å². The standard InChI is InChI=1S/2C34H62O11.H2O/c2*1-2-3-4-5-6-10-13-35-14-15-36-16-17-37-18-19-38-20-21-39-22-23-40-24-25-41-26-27-42-28-29-43-30-31-44-32-33-45-34-11-8-7-9-12-34;/h2*7-9,11-12H,2-6,10,13-33H2,1H3;1H2. The van der Waals surface area contributed by atoms with Crippen LogP contribution in [0.4, 0.5) is 0 Å². The van der Waals surface area contributed by atoms with Crippen LogP contribution in [0, 0.1) is 0 Å². The van der Waals surface area contributed by atoms with Gasteiger partial charge in [0.2, 0.25) is 0 Å². The SMILES string of the molecule is CCCCCCCCOCCOCCOCCOCCOCCOCCOCCOCCOCCOCCOc1ccccc1.CCCCCCCCOCCOCCOCCOCCOCCOCCOCCOCCOCCOCCOc1ccccc1.O. The predicted octanol–water partition coefficient (Wildman–Crippen LogP) is 8.36. The summed E-state index contributed by atoms with van der Waals surface area (Å²) in [6.07, 6.45) is 15.4. The van der Waals surface area contributed by atoms with Gasteiger partial charge in [-0.2, -0.15) is 0 Å². The molecule has 23 heteroatoms. The highest BCUT2D eigenvalue weighted by atomic mass is 16.6. The largest absolute Gasteiger partial charge is 0.491 e. The molecular formula is C68H126O23. The van der Waals surface area contributed by atoms with Crippen molar-refractivity contribution in [1.82, 2.24) is 0 Å². The number of hydrogen-bond acceptors (Lipinski definition) is 22. The quantitative estimate of drug-likeness (QED) is 0.0566. The zero-order chi connectivity index (χ0) is 64.0. The molecule has 0 aromatic heterocycles. The highest BCUT2D eigenvalue weighted by Gasteiger charge is 2.01. The second-order valence-corrected chi connectivity index (χ2v) is 20.1. The molecular weight excluding hydrogens is 1180 g/mol. The Kier molecular flexibility index (Phi) is 78.9. The normalized spacial score (nSPS) is 11.3. The van der Waals surface area contributed by atoms with Crippen molar-refractivity contribution in [3.05, 3.63) is 60.7 Å². The minimum atomic E-state index is 0. The molecule has 0 bridgehead atoms. The van der Waals surface area contributed by atoms with Crippen molar-refractivity contribution in [2.24, 2.45) is 0 Å². The van der Waals surface area contributed by atoms with Crippen molar-refractivity contribution in [2.75, 3.05) is 277 Å². The lowest BCUT2D eigenvalue weighted by Gasteiger charge is -2.09. The van der Waals surface area contributed by atoms with Crippen molar-refractivity contribution in [3.8, 4) is 11.5 Å². The molecule has 0 saturated carbocycles. The summed E-state index contributed by atoms with van der Waals surface area (Å²) in [5.74, 6) is 1.69. The number of benzene rings is 2. The van der Waals surface area contributed by atoms with Crippen LogP contribution in [0.3, 0.4) is 0 Å². The summed E-state index contributed by atoms with van der Waals surface area (Å²) in [7, 11) is 0. The smallest absolute Gasteiger partial charge is 0.119 e. The van der Waals surface area contributed by atoms with Gasteiger partial charge in [-0.3, -0.25) is 0 Å². The monoisotopic (exact) mass is 1310 g/mol. The van der Waals surface area contributed by atoms with Gasteiger partial charge in [0.25, 0.3) is 0 Å². The Morgan fingerprint density at radius 2 is 0.308 bits per heavy atom. The van der Waals surface area contributed by atoms with Gasteiger partial charge in [-0.25, -0.2) is 0 Å². The average molecular weight is 1310 g/mol. The Morgan fingerprint density at radius 3 is 0.484 bits per heavy atom. The molecule has 0 unspecified atom stereocenters. The van der Waals surface area contributed by atoms with E-state index in [0.29, 0.717) is 264 Å². The van der Waals surface area contributed by atoms with Crippen LogP contribution in [0.15, 0.2) is 60.7 Å². The van der Waals surface area contributed by atoms with Crippen molar-refractivity contribution >= 4 is 0 Å². The molecule has 2 N–H and O–H groups in total. The summed E-state index contributed by atoms with van der Waals surface area (Å²) >= 11 is 0. The molecule has 0 amide bonds. The Balaban J connectivity index is 0.00000176. The van der Waals surface area contributed by atoms with Crippen molar-refractivity contribution < 1.29 is 110 Å². The number of para-hydroxylation sites is 2. The van der Waals surface area contributed by atoms with Crippen LogP contribution < -0.4 is 9.47 Å². The second-order valence-electron chi connectivity index (χ2n) is 20.1. The van der Waals surface area contributed by atoms with Crippen molar-refractivity contribution in [2.45, 2.75) is 90.9 Å². The minimum Gasteiger partial charge on any atom is -0.491 e. The van der Waals surface area contributed by atoms with Gasteiger partial charge in [0.1, 0.15) is 24.7 Å². The topological polar surface area (TPSA) is 235 Å². The number of unbranched alkanes of at least 4 members (excludes halogenated alkanes) is 10. The van der Waals surface area contributed by atoms with Crippen molar-refractivity contribution in [1.29, 1.82) is 0 Å². The van der Waals surface area contributed by atoms with Crippen LogP contribution in [0.5, 0.6) is 11.5 Å². The van der Waals surface area contributed by atoms with Crippen LogP contribution in [0.1, 0.15) is 90.9 Å². The molecule has 23 nitrogen and oxygen atoms in total. The zero-order valence-electron chi connectivity index (χ0n) is 56.4. The number of rotatable bonds is 76. The lowest BCUT2D eigenvalue weighted by Crippen LogP contribution is -2.15. The van der Waals surface area contributed by atoms with E-state index in [4.69, 9.17) is 104 Å². The van der Waals surface area contributed by atoms with E-state index < -0.39 is 0 Å². The first-order valence-corrected chi connectivity index (χ1v) is 33.8. The summed E-state index contributed by atoms with van der Waals surface area (Å²) in [6.45, 7) is 27.8. The summed E-state index contributed by atoms with van der Waals surface area (Å²) in [5, 5.41) is 0. The maximum atomic E-state index is 5.59. The first-order valence-electron chi connectivity index (χ1n) is 33.8. The molecule has 2 rings (SSSR count). The average Bonchev–Trinajstić information content (AvgIpc) is 3.62. The molecule has 0 heterocycles. The van der Waals surface area contributed by atoms with Gasteiger partial charge in [0, 0.05) is 13.2 Å². The Morgan fingerprint density at radius 1 is 0.165 bits per heavy atom. The van der Waals surface area contributed by atoms with Gasteiger partial charge >= 0.3 is 0 Å². The number of hydrogen-bond donors (Lipinski definition) is 0. The molecule has 0 atom stereocenters. The molecule has 0 aliphatic heterocycles. The van der Waals surface area contributed by atoms with Gasteiger partial charge in [-0.15, -0.1) is 0 Å². The van der Waals surface area contributed by atoms with Crippen LogP contribution in [0.25, 0.3) is 0 Å². The molecule has 0 fully saturated rings. The highest BCUT2D eigenvalue weighted by molar-refractivity contribution is 5.21. The molecule has 0 aliphatic rings. The molecule has 0 radical (unpaired) electrons. The highest BCUT2D eigenvalue weighted by Crippen LogP contribution is 2.09. The summed E-state index contributed by atoms with van der Waals surface area (Å²) < 4.78 is 121. The predicted molar refractivity (Wildman–Crippen MR) is 351 cm³/mol. The zero-order valence-corrected chi connectivity index (χ0v) is 56.4. The van der Waals surface area contributed by atoms with E-state index in [1.54, 1.807) is 0 Å². The van der Waals surface area contributed by atoms with Crippen LogP contribution >= 0.6 is 0 Å². The minimum absolute atomic E-state index is 0. The van der Waals surface area contributed by atoms with E-state index >= 15 is 0 Å². The van der Waals surface area contributed by atoms with Crippen LogP contribution in [-0.4, -0.2) is 283 Å². The van der Waals surface area contributed by atoms with E-state index in [2.05, 4.69) is 13.8 Å². The maximum absolute atomic E-state index is 5.59. The van der Waals surface area contributed by atoms with Gasteiger partial charge in [-0.1, -0.05) is 114 Å². The lowest BCUT2D eigenvalue weighted by atomic mass is 10.1. The maximum Gasteiger partial charge on any atom is 0.119 e. The molecule has 91 heavy (non-hydrogen) atoms. The fourth-order valence-corrected chi connectivity index (χ4v) is 7.60. The molecule has 2 aromatic rings. The van der Waals surface area contributed by atoms with Crippen molar-refractivity contribution in [3.63, 3.8) is 0 Å². The molecule has 2 aromatic carbocycles. The Labute approximate surface area is 548 Å². The Bertz CT molecular complexity index is 1450. The summed E-state index contributed by atoms with van der Waals surface area (Å²) in [5.41, 5.74) is 0. The first kappa shape index (κ1) is 88.2. The third-order valence-corrected chi connectivity index (χ3v) is 12.5. The van der Waals surface area contributed by atoms with Gasteiger partial charge in [0.15, 0.2) is 0 Å². The fraction of sp³-hybridized carbons (Fsp3) is 0.824.